The quantitative estimate of drug-likeness (QED) is 0.677. The number of benzene rings is 1. The number of carboxylic acids is 1. The standard InChI is InChI=1S/C17H22N2O5S/c20-15(19-17(16(21)22)8-1-2-9-17)13-4-3-5-14(10-13)25(23,24)18-11-12-6-7-12/h3-5,10,12,18H,1-2,6-9,11H2,(H,19,20)(H,21,22). The van der Waals surface area contributed by atoms with Crippen LogP contribution < -0.4 is 10.0 Å². The first-order chi connectivity index (χ1) is 11.8. The molecule has 0 radical (unpaired) electrons. The zero-order valence-corrected chi connectivity index (χ0v) is 14.6. The van der Waals surface area contributed by atoms with Crippen molar-refractivity contribution in [2.24, 2.45) is 5.92 Å². The molecule has 3 N–H and O–H groups in total. The molecule has 25 heavy (non-hydrogen) atoms. The van der Waals surface area contributed by atoms with Crippen LogP contribution in [-0.2, 0) is 14.8 Å². The summed E-state index contributed by atoms with van der Waals surface area (Å²) < 4.78 is 27.2. The smallest absolute Gasteiger partial charge is 0.329 e. The van der Waals surface area contributed by atoms with Crippen LogP contribution in [0.4, 0.5) is 0 Å². The van der Waals surface area contributed by atoms with Gasteiger partial charge in [-0.2, -0.15) is 0 Å². The Kier molecular flexibility index (Phi) is 4.83. The normalized spacial score (nSPS) is 19.5. The molecule has 136 valence electrons. The molecule has 0 bridgehead atoms. The summed E-state index contributed by atoms with van der Waals surface area (Å²) in [5, 5.41) is 12.0. The first kappa shape index (κ1) is 17.9. The third-order valence-electron chi connectivity index (χ3n) is 4.88. The average molecular weight is 366 g/mol. The van der Waals surface area contributed by atoms with E-state index in [2.05, 4.69) is 10.0 Å². The van der Waals surface area contributed by atoms with Crippen LogP contribution in [0.2, 0.25) is 0 Å². The van der Waals surface area contributed by atoms with Crippen LogP contribution in [0, 0.1) is 5.92 Å². The van der Waals surface area contributed by atoms with E-state index < -0.39 is 27.4 Å². The van der Waals surface area contributed by atoms with Gasteiger partial charge in [-0.1, -0.05) is 18.9 Å². The van der Waals surface area contributed by atoms with Crippen molar-refractivity contribution >= 4 is 21.9 Å². The van der Waals surface area contributed by atoms with Crippen LogP contribution in [-0.4, -0.2) is 37.5 Å². The first-order valence-electron chi connectivity index (χ1n) is 8.48. The summed E-state index contributed by atoms with van der Waals surface area (Å²) in [5.74, 6) is -1.21. The van der Waals surface area contributed by atoms with E-state index in [1.165, 1.54) is 24.3 Å². The van der Waals surface area contributed by atoms with Crippen molar-refractivity contribution in [2.75, 3.05) is 6.54 Å². The maximum absolute atomic E-state index is 12.5. The fourth-order valence-corrected chi connectivity index (χ4v) is 4.26. The van der Waals surface area contributed by atoms with Crippen molar-refractivity contribution in [1.82, 2.24) is 10.0 Å². The zero-order chi connectivity index (χ0) is 18.1. The zero-order valence-electron chi connectivity index (χ0n) is 13.8. The molecule has 2 aliphatic rings. The minimum Gasteiger partial charge on any atom is -0.480 e. The van der Waals surface area contributed by atoms with E-state index in [1.54, 1.807) is 0 Å². The number of nitrogens with one attached hydrogen (secondary N) is 2. The van der Waals surface area contributed by atoms with E-state index in [4.69, 9.17) is 0 Å². The largest absolute Gasteiger partial charge is 0.480 e. The van der Waals surface area contributed by atoms with Gasteiger partial charge >= 0.3 is 5.97 Å². The van der Waals surface area contributed by atoms with E-state index in [0.29, 0.717) is 25.3 Å². The third kappa shape index (κ3) is 4.01. The summed E-state index contributed by atoms with van der Waals surface area (Å²) in [4.78, 5) is 24.0. The molecule has 2 aliphatic carbocycles. The Morgan fingerprint density at radius 1 is 1.20 bits per heavy atom. The van der Waals surface area contributed by atoms with E-state index in [9.17, 15) is 23.1 Å². The van der Waals surface area contributed by atoms with Crippen LogP contribution in [0.1, 0.15) is 48.9 Å². The number of carbonyl (C=O) groups is 2. The molecule has 0 aliphatic heterocycles. The molecule has 2 saturated carbocycles. The van der Waals surface area contributed by atoms with E-state index in [0.717, 1.165) is 25.7 Å². The van der Waals surface area contributed by atoms with Crippen LogP contribution in [0.3, 0.4) is 0 Å². The molecule has 1 amide bonds. The average Bonchev–Trinajstić information content (AvgIpc) is 3.30. The summed E-state index contributed by atoms with van der Waals surface area (Å²) in [6.45, 7) is 0.404. The second-order valence-electron chi connectivity index (χ2n) is 6.87. The molecule has 0 unspecified atom stereocenters. The highest BCUT2D eigenvalue weighted by atomic mass is 32.2. The SMILES string of the molecule is O=C(NC1(C(=O)O)CCCC1)c1cccc(S(=O)(=O)NCC2CC2)c1. The molecule has 0 spiro atoms. The Balaban J connectivity index is 1.76. The summed E-state index contributed by atoms with van der Waals surface area (Å²) in [6.07, 6.45) is 4.31. The lowest BCUT2D eigenvalue weighted by Crippen LogP contribution is -2.52. The van der Waals surface area contributed by atoms with Crippen LogP contribution >= 0.6 is 0 Å². The van der Waals surface area contributed by atoms with Crippen LogP contribution in [0.25, 0.3) is 0 Å². The molecule has 3 rings (SSSR count). The van der Waals surface area contributed by atoms with E-state index in [1.807, 2.05) is 0 Å². The molecule has 7 nitrogen and oxygen atoms in total. The lowest BCUT2D eigenvalue weighted by Gasteiger charge is -2.25. The third-order valence-corrected chi connectivity index (χ3v) is 6.31. The number of amides is 1. The lowest BCUT2D eigenvalue weighted by molar-refractivity contribution is -0.144. The van der Waals surface area contributed by atoms with Gasteiger partial charge in [0.1, 0.15) is 5.54 Å². The monoisotopic (exact) mass is 366 g/mol. The van der Waals surface area contributed by atoms with Crippen molar-refractivity contribution in [3.63, 3.8) is 0 Å². The Morgan fingerprint density at radius 2 is 1.88 bits per heavy atom. The Labute approximate surface area is 146 Å². The number of carbonyl (C=O) groups excluding carboxylic acids is 1. The molecule has 0 atom stereocenters. The highest BCUT2D eigenvalue weighted by molar-refractivity contribution is 7.89. The van der Waals surface area contributed by atoms with Gasteiger partial charge in [0.25, 0.3) is 5.91 Å². The topological polar surface area (TPSA) is 113 Å². The predicted molar refractivity (Wildman–Crippen MR) is 90.7 cm³/mol. The van der Waals surface area contributed by atoms with Gasteiger partial charge in [0.2, 0.25) is 10.0 Å². The van der Waals surface area contributed by atoms with Crippen molar-refractivity contribution < 1.29 is 23.1 Å². The van der Waals surface area contributed by atoms with Crippen molar-refractivity contribution in [3.8, 4) is 0 Å². The number of hydrogen-bond donors (Lipinski definition) is 3. The fourth-order valence-electron chi connectivity index (χ4n) is 3.10. The van der Waals surface area contributed by atoms with Gasteiger partial charge in [0.05, 0.1) is 4.90 Å². The minimum atomic E-state index is -3.68. The fraction of sp³-hybridized carbons (Fsp3) is 0.529. The summed E-state index contributed by atoms with van der Waals surface area (Å²) in [5.41, 5.74) is -1.11. The second kappa shape index (κ2) is 6.76. The maximum Gasteiger partial charge on any atom is 0.329 e. The molecule has 0 saturated heterocycles. The molecule has 1 aromatic carbocycles. The van der Waals surface area contributed by atoms with Gasteiger partial charge in [-0.15, -0.1) is 0 Å². The van der Waals surface area contributed by atoms with Crippen molar-refractivity contribution in [1.29, 1.82) is 0 Å². The molecular weight excluding hydrogens is 344 g/mol. The number of hydrogen-bond acceptors (Lipinski definition) is 4. The highest BCUT2D eigenvalue weighted by Gasteiger charge is 2.42. The van der Waals surface area contributed by atoms with Gasteiger partial charge in [-0.3, -0.25) is 4.79 Å². The number of aliphatic carboxylic acids is 1. The highest BCUT2D eigenvalue weighted by Crippen LogP contribution is 2.30. The maximum atomic E-state index is 12.5. The van der Waals surface area contributed by atoms with E-state index >= 15 is 0 Å². The van der Waals surface area contributed by atoms with Crippen molar-refractivity contribution in [3.05, 3.63) is 29.8 Å². The predicted octanol–water partition coefficient (Wildman–Crippen LogP) is 1.50. The number of carboxylic acid groups (broad SMARTS) is 1. The first-order valence-corrected chi connectivity index (χ1v) is 9.96. The summed E-state index contributed by atoms with van der Waals surface area (Å²) in [6, 6.07) is 5.69. The summed E-state index contributed by atoms with van der Waals surface area (Å²) >= 11 is 0. The Morgan fingerprint density at radius 3 is 2.48 bits per heavy atom. The van der Waals surface area contributed by atoms with Gasteiger partial charge in [-0.05, 0) is 49.8 Å². The van der Waals surface area contributed by atoms with Crippen LogP contribution in [0.5, 0.6) is 0 Å². The van der Waals surface area contributed by atoms with Gasteiger partial charge in [0, 0.05) is 12.1 Å². The minimum absolute atomic E-state index is 0.0107. The molecular formula is C17H22N2O5S. The molecule has 1 aromatic rings. The molecule has 8 heteroatoms. The lowest BCUT2D eigenvalue weighted by atomic mass is 9.97. The van der Waals surface area contributed by atoms with E-state index in [-0.39, 0.29) is 10.5 Å². The van der Waals surface area contributed by atoms with Crippen molar-refractivity contribution in [2.45, 2.75) is 49.0 Å². The second-order valence-corrected chi connectivity index (χ2v) is 8.64. The van der Waals surface area contributed by atoms with Gasteiger partial charge in [-0.25, -0.2) is 17.9 Å². The Bertz CT molecular complexity index is 780. The number of sulfonamides is 1. The molecule has 2 fully saturated rings. The summed E-state index contributed by atoms with van der Waals surface area (Å²) in [7, 11) is -3.68. The Hall–Kier alpha value is -1.93. The number of rotatable bonds is 7. The molecule has 0 heterocycles. The molecule has 0 aromatic heterocycles. The van der Waals surface area contributed by atoms with Gasteiger partial charge in [0.15, 0.2) is 0 Å². The van der Waals surface area contributed by atoms with Gasteiger partial charge < -0.3 is 10.4 Å². The van der Waals surface area contributed by atoms with Crippen LogP contribution in [0.15, 0.2) is 29.2 Å².